The molecular weight excluding hydrogens is 356 g/mol. The molecule has 0 fully saturated rings. The summed E-state index contributed by atoms with van der Waals surface area (Å²) in [5.41, 5.74) is 0.861. The molecule has 0 unspecified atom stereocenters. The summed E-state index contributed by atoms with van der Waals surface area (Å²) in [6.45, 7) is 0.983. The molecule has 28 heavy (non-hydrogen) atoms. The molecule has 0 bridgehead atoms. The van der Waals surface area contributed by atoms with Crippen molar-refractivity contribution in [1.29, 1.82) is 0 Å². The number of imidazole rings is 1. The van der Waals surface area contributed by atoms with Gasteiger partial charge in [-0.15, -0.1) is 0 Å². The number of aryl methyl sites for hydroxylation is 2. The van der Waals surface area contributed by atoms with Crippen LogP contribution >= 0.6 is 0 Å². The summed E-state index contributed by atoms with van der Waals surface area (Å²) in [5.74, 6) is -3.79. The zero-order valence-electron chi connectivity index (χ0n) is 16.5. The van der Waals surface area contributed by atoms with Crippen LogP contribution in [-0.4, -0.2) is 26.7 Å². The van der Waals surface area contributed by atoms with Crippen LogP contribution in [0, 0.1) is 11.8 Å². The molecule has 0 radical (unpaired) electrons. The van der Waals surface area contributed by atoms with Crippen molar-refractivity contribution in [2.75, 3.05) is 0 Å². The highest BCUT2D eigenvalue weighted by Crippen LogP contribution is 2.24. The Balaban J connectivity index is 1.74. The first-order valence-electron chi connectivity index (χ1n) is 9.98. The minimum Gasteiger partial charge on any atom is -0.481 e. The number of hydrogen-bond donors (Lipinski definition) is 2. The summed E-state index contributed by atoms with van der Waals surface area (Å²) in [6.07, 6.45) is 11.7. The second kappa shape index (κ2) is 11.3. The van der Waals surface area contributed by atoms with Gasteiger partial charge in [-0.3, -0.25) is 9.59 Å². The number of hydrogen-bond acceptors (Lipinski definition) is 2. The molecule has 1 aromatic heterocycles. The first kappa shape index (κ1) is 21.7. The predicted molar refractivity (Wildman–Crippen MR) is 106 cm³/mol. The topological polar surface area (TPSA) is 83.4 Å². The van der Waals surface area contributed by atoms with E-state index in [-0.39, 0.29) is 6.42 Å². The van der Waals surface area contributed by atoms with Gasteiger partial charge in [0.1, 0.15) is 12.4 Å². The van der Waals surface area contributed by atoms with Crippen molar-refractivity contribution in [3.63, 3.8) is 0 Å². The van der Waals surface area contributed by atoms with E-state index in [4.69, 9.17) is 0 Å². The van der Waals surface area contributed by atoms with E-state index < -0.39 is 23.8 Å². The van der Waals surface area contributed by atoms with Gasteiger partial charge in [0.25, 0.3) is 0 Å². The predicted octanol–water partition coefficient (Wildman–Crippen LogP) is 3.30. The lowest BCUT2D eigenvalue weighted by atomic mass is 9.83. The van der Waals surface area contributed by atoms with Crippen molar-refractivity contribution in [3.8, 4) is 0 Å². The Hall–Kier alpha value is -2.63. The monoisotopic (exact) mass is 387 g/mol. The summed E-state index contributed by atoms with van der Waals surface area (Å²) in [4.78, 5) is 23.4. The van der Waals surface area contributed by atoms with Gasteiger partial charge in [0.05, 0.1) is 25.4 Å². The van der Waals surface area contributed by atoms with E-state index in [2.05, 4.69) is 17.1 Å². The molecule has 2 N–H and O–H groups in total. The van der Waals surface area contributed by atoms with Crippen LogP contribution < -0.4 is 4.57 Å². The lowest BCUT2D eigenvalue weighted by molar-refractivity contribution is -0.671. The van der Waals surface area contributed by atoms with E-state index in [1.165, 1.54) is 0 Å². The highest BCUT2D eigenvalue weighted by molar-refractivity contribution is 5.80. The maximum Gasteiger partial charge on any atom is 0.307 e. The minimum atomic E-state index is -1.03. The van der Waals surface area contributed by atoms with E-state index in [9.17, 15) is 19.8 Å². The molecule has 152 valence electrons. The molecule has 6 nitrogen and oxygen atoms in total. The molecule has 2 rings (SSSR count). The van der Waals surface area contributed by atoms with Gasteiger partial charge < -0.3 is 10.2 Å². The van der Waals surface area contributed by atoms with E-state index in [1.54, 1.807) is 0 Å². The molecule has 0 aliphatic rings. The molecule has 2 atom stereocenters. The third-order valence-corrected chi connectivity index (χ3v) is 5.17. The average Bonchev–Trinajstić information content (AvgIpc) is 3.08. The van der Waals surface area contributed by atoms with Crippen LogP contribution in [0.1, 0.15) is 44.1 Å². The zero-order valence-corrected chi connectivity index (χ0v) is 16.5. The standard InChI is InChI=1S/C22H30N2O4/c1-23-14-15-24(17-23)13-9-4-2-3-8-12-19(21(25)26)20(22(27)28)16-18-10-6-5-7-11-18/h5-7,10-11,14-15,17,19-20H,2-4,8-9,12-13,16H2,1H3,(H-,25,26,27,28)/p+1/t19-,20-/m0/s1. The van der Waals surface area contributed by atoms with Crippen LogP contribution in [0.15, 0.2) is 49.1 Å². The van der Waals surface area contributed by atoms with Crippen LogP contribution in [-0.2, 0) is 29.6 Å². The molecular formula is C22H31N2O4+. The molecule has 0 spiro atoms. The van der Waals surface area contributed by atoms with Gasteiger partial charge in [0.15, 0.2) is 0 Å². The number of carboxylic acid groups (broad SMARTS) is 2. The van der Waals surface area contributed by atoms with Gasteiger partial charge in [0.2, 0.25) is 6.33 Å². The Bertz CT molecular complexity index is 742. The summed E-state index contributed by atoms with van der Waals surface area (Å²) >= 11 is 0. The first-order valence-corrected chi connectivity index (χ1v) is 9.98. The molecule has 2 aromatic rings. The maximum absolute atomic E-state index is 11.7. The fourth-order valence-corrected chi connectivity index (χ4v) is 3.59. The number of nitrogens with zero attached hydrogens (tertiary/aromatic N) is 2. The third-order valence-electron chi connectivity index (χ3n) is 5.17. The van der Waals surface area contributed by atoms with Crippen molar-refractivity contribution >= 4 is 11.9 Å². The van der Waals surface area contributed by atoms with Gasteiger partial charge in [-0.25, -0.2) is 9.13 Å². The Morgan fingerprint density at radius 1 is 0.964 bits per heavy atom. The number of rotatable bonds is 13. The average molecular weight is 388 g/mol. The van der Waals surface area contributed by atoms with Gasteiger partial charge in [-0.05, 0) is 31.2 Å². The quantitative estimate of drug-likeness (QED) is 0.408. The zero-order chi connectivity index (χ0) is 20.4. The molecule has 0 amide bonds. The van der Waals surface area contributed by atoms with Crippen molar-refractivity contribution in [2.45, 2.75) is 51.5 Å². The summed E-state index contributed by atoms with van der Waals surface area (Å²) in [7, 11) is 2.00. The normalized spacial score (nSPS) is 13.2. The van der Waals surface area contributed by atoms with Crippen molar-refractivity contribution in [3.05, 3.63) is 54.6 Å². The smallest absolute Gasteiger partial charge is 0.307 e. The summed E-state index contributed by atoms with van der Waals surface area (Å²) < 4.78 is 4.17. The van der Waals surface area contributed by atoms with Crippen LogP contribution in [0.4, 0.5) is 0 Å². The van der Waals surface area contributed by atoms with Gasteiger partial charge in [-0.2, -0.15) is 0 Å². The maximum atomic E-state index is 11.7. The molecule has 1 aromatic carbocycles. The van der Waals surface area contributed by atoms with Crippen LogP contribution in [0.5, 0.6) is 0 Å². The first-order chi connectivity index (χ1) is 13.5. The van der Waals surface area contributed by atoms with Crippen LogP contribution in [0.2, 0.25) is 0 Å². The van der Waals surface area contributed by atoms with Crippen molar-refractivity contribution in [2.24, 2.45) is 18.9 Å². The highest BCUT2D eigenvalue weighted by atomic mass is 16.4. The Kier molecular flexibility index (Phi) is 8.72. The Morgan fingerprint density at radius 2 is 1.61 bits per heavy atom. The second-order valence-electron chi connectivity index (χ2n) is 7.45. The Morgan fingerprint density at radius 3 is 2.21 bits per heavy atom. The second-order valence-corrected chi connectivity index (χ2v) is 7.45. The third kappa shape index (κ3) is 7.18. The lowest BCUT2D eigenvalue weighted by Crippen LogP contribution is -2.31. The largest absolute Gasteiger partial charge is 0.481 e. The minimum absolute atomic E-state index is 0.251. The van der Waals surface area contributed by atoms with Gasteiger partial charge in [-0.1, -0.05) is 49.6 Å². The highest BCUT2D eigenvalue weighted by Gasteiger charge is 2.33. The van der Waals surface area contributed by atoms with Crippen molar-refractivity contribution < 1.29 is 24.4 Å². The van der Waals surface area contributed by atoms with E-state index >= 15 is 0 Å². The van der Waals surface area contributed by atoms with Crippen LogP contribution in [0.3, 0.4) is 0 Å². The molecule has 0 saturated carbocycles. The summed E-state index contributed by atoms with van der Waals surface area (Å²) in [6, 6.07) is 9.25. The SMILES string of the molecule is C[n+]1ccn(CCCCCCC[C@H](C(=O)O)[C@H](Cc2ccccc2)C(=O)O)c1. The number of carboxylic acids is 2. The Labute approximate surface area is 166 Å². The lowest BCUT2D eigenvalue weighted by Gasteiger charge is -2.20. The number of unbranched alkanes of at least 4 members (excludes halogenated alkanes) is 4. The molecule has 6 heteroatoms. The fraction of sp³-hybridized carbons (Fsp3) is 0.500. The van der Waals surface area contributed by atoms with Gasteiger partial charge in [0, 0.05) is 0 Å². The molecule has 0 aliphatic carbocycles. The fourth-order valence-electron chi connectivity index (χ4n) is 3.59. The van der Waals surface area contributed by atoms with E-state index in [0.717, 1.165) is 44.2 Å². The number of aliphatic carboxylic acids is 2. The molecule has 1 heterocycles. The van der Waals surface area contributed by atoms with Gasteiger partial charge >= 0.3 is 11.9 Å². The number of carbonyl (C=O) groups is 2. The summed E-state index contributed by atoms with van der Waals surface area (Å²) in [5, 5.41) is 19.1. The van der Waals surface area contributed by atoms with Crippen LogP contribution in [0.25, 0.3) is 0 Å². The molecule has 0 saturated heterocycles. The number of aromatic nitrogens is 2. The molecule has 0 aliphatic heterocycles. The number of benzene rings is 1. The van der Waals surface area contributed by atoms with E-state index in [1.807, 2.05) is 48.1 Å². The van der Waals surface area contributed by atoms with Crippen molar-refractivity contribution in [1.82, 2.24) is 4.57 Å². The van der Waals surface area contributed by atoms with E-state index in [0.29, 0.717) is 6.42 Å².